The van der Waals surface area contributed by atoms with Gasteiger partial charge in [-0.25, -0.2) is 4.98 Å². The summed E-state index contributed by atoms with van der Waals surface area (Å²) in [7, 11) is 0. The normalized spacial score (nSPS) is 10.9. The van der Waals surface area contributed by atoms with E-state index in [0.717, 1.165) is 28.1 Å². The molecule has 0 spiro atoms. The quantitative estimate of drug-likeness (QED) is 0.356. The molecule has 0 radical (unpaired) electrons. The topological polar surface area (TPSA) is 64.0 Å². The van der Waals surface area contributed by atoms with Crippen LogP contribution in [0, 0.1) is 20.8 Å². The fourth-order valence-corrected chi connectivity index (χ4v) is 4.26. The molecule has 1 heterocycles. The number of rotatable bonds is 5. The fraction of sp³-hybridized carbons (Fsp3) is 0.160. The van der Waals surface area contributed by atoms with Crippen LogP contribution in [0.4, 0.5) is 5.69 Å². The molecule has 0 saturated carbocycles. The first-order chi connectivity index (χ1) is 14.9. The number of hydrogen-bond acceptors (Lipinski definition) is 4. The van der Waals surface area contributed by atoms with Gasteiger partial charge < -0.3 is 5.32 Å². The predicted molar refractivity (Wildman–Crippen MR) is 127 cm³/mol. The van der Waals surface area contributed by atoms with Gasteiger partial charge in [0.05, 0.1) is 22.3 Å². The minimum absolute atomic E-state index is 0.139. The van der Waals surface area contributed by atoms with Gasteiger partial charge in [-0.3, -0.25) is 14.2 Å². The predicted octanol–water partition coefficient (Wildman–Crippen LogP) is 5.04. The van der Waals surface area contributed by atoms with Crippen LogP contribution in [0.2, 0.25) is 0 Å². The van der Waals surface area contributed by atoms with Crippen molar-refractivity contribution in [3.05, 3.63) is 93.8 Å². The molecule has 31 heavy (non-hydrogen) atoms. The number of thioether (sulfide) groups is 1. The van der Waals surface area contributed by atoms with Crippen LogP contribution in [0.1, 0.15) is 16.7 Å². The first-order valence-electron chi connectivity index (χ1n) is 10.0. The second-order valence-electron chi connectivity index (χ2n) is 7.49. The number of carbonyl (C=O) groups is 1. The lowest BCUT2D eigenvalue weighted by Gasteiger charge is -2.14. The van der Waals surface area contributed by atoms with Gasteiger partial charge in [-0.1, -0.05) is 59.8 Å². The van der Waals surface area contributed by atoms with Crippen LogP contribution >= 0.6 is 11.8 Å². The van der Waals surface area contributed by atoms with Crippen LogP contribution in [0.3, 0.4) is 0 Å². The van der Waals surface area contributed by atoms with Crippen molar-refractivity contribution in [2.75, 3.05) is 11.1 Å². The van der Waals surface area contributed by atoms with Crippen LogP contribution in [0.5, 0.6) is 0 Å². The van der Waals surface area contributed by atoms with Crippen LogP contribution in [-0.4, -0.2) is 21.2 Å². The summed E-state index contributed by atoms with van der Waals surface area (Å²) in [6.07, 6.45) is 0. The zero-order valence-electron chi connectivity index (χ0n) is 17.7. The molecular formula is C25H23N3O2S. The van der Waals surface area contributed by atoms with Crippen molar-refractivity contribution in [1.29, 1.82) is 0 Å². The molecule has 0 aliphatic rings. The smallest absolute Gasteiger partial charge is 0.266 e. The van der Waals surface area contributed by atoms with Gasteiger partial charge in [0.15, 0.2) is 5.16 Å². The standard InChI is InChI=1S/C25H23N3O2S/c1-16-11-13-19(14-12-16)28-24(30)20-9-4-5-10-21(20)26-25(28)31-15-22(29)27-23-17(2)7-6-8-18(23)3/h4-14H,15H2,1-3H3,(H,27,29). The molecule has 0 atom stereocenters. The minimum atomic E-state index is -0.146. The highest BCUT2D eigenvalue weighted by Gasteiger charge is 2.15. The van der Waals surface area contributed by atoms with Crippen molar-refractivity contribution in [2.24, 2.45) is 0 Å². The number of para-hydroxylation sites is 2. The zero-order valence-corrected chi connectivity index (χ0v) is 18.5. The highest BCUT2D eigenvalue weighted by molar-refractivity contribution is 7.99. The number of benzene rings is 3. The number of carbonyl (C=O) groups excluding carboxylic acids is 1. The van der Waals surface area contributed by atoms with Crippen molar-refractivity contribution in [1.82, 2.24) is 9.55 Å². The van der Waals surface area contributed by atoms with Crippen LogP contribution in [0.25, 0.3) is 16.6 Å². The van der Waals surface area contributed by atoms with Crippen molar-refractivity contribution in [3.8, 4) is 5.69 Å². The molecule has 156 valence electrons. The van der Waals surface area contributed by atoms with E-state index in [1.54, 1.807) is 10.6 Å². The summed E-state index contributed by atoms with van der Waals surface area (Å²) in [5.41, 5.74) is 5.16. The highest BCUT2D eigenvalue weighted by atomic mass is 32.2. The lowest BCUT2D eigenvalue weighted by molar-refractivity contribution is -0.113. The molecule has 1 N–H and O–H groups in total. The average molecular weight is 430 g/mol. The number of amides is 1. The summed E-state index contributed by atoms with van der Waals surface area (Å²) in [6, 6.07) is 20.9. The summed E-state index contributed by atoms with van der Waals surface area (Å²) in [5.74, 6) is 0.00463. The molecule has 3 aromatic carbocycles. The van der Waals surface area contributed by atoms with Gasteiger partial charge in [-0.15, -0.1) is 0 Å². The van der Waals surface area contributed by atoms with Crippen molar-refractivity contribution in [2.45, 2.75) is 25.9 Å². The third-order valence-corrected chi connectivity index (χ3v) is 6.05. The summed E-state index contributed by atoms with van der Waals surface area (Å²) in [6.45, 7) is 5.93. The molecule has 4 rings (SSSR count). The Labute approximate surface area is 185 Å². The lowest BCUT2D eigenvalue weighted by atomic mass is 10.1. The number of hydrogen-bond donors (Lipinski definition) is 1. The Morgan fingerprint density at radius 2 is 1.61 bits per heavy atom. The third kappa shape index (κ3) is 4.39. The van der Waals surface area contributed by atoms with Gasteiger partial charge in [0.25, 0.3) is 5.56 Å². The van der Waals surface area contributed by atoms with E-state index in [-0.39, 0.29) is 17.2 Å². The Balaban J connectivity index is 1.68. The second kappa shape index (κ2) is 8.78. The van der Waals surface area contributed by atoms with E-state index in [1.165, 1.54) is 11.8 Å². The molecule has 1 aromatic heterocycles. The Hall–Kier alpha value is -3.38. The molecule has 4 aromatic rings. The van der Waals surface area contributed by atoms with E-state index in [0.29, 0.717) is 16.1 Å². The molecule has 0 unspecified atom stereocenters. The van der Waals surface area contributed by atoms with E-state index in [4.69, 9.17) is 4.98 Å². The van der Waals surface area contributed by atoms with E-state index in [2.05, 4.69) is 5.32 Å². The minimum Gasteiger partial charge on any atom is -0.325 e. The second-order valence-corrected chi connectivity index (χ2v) is 8.43. The van der Waals surface area contributed by atoms with Gasteiger partial charge in [-0.05, 0) is 56.2 Å². The maximum Gasteiger partial charge on any atom is 0.266 e. The summed E-state index contributed by atoms with van der Waals surface area (Å²) >= 11 is 1.25. The van der Waals surface area contributed by atoms with Crippen LogP contribution in [-0.2, 0) is 4.79 Å². The largest absolute Gasteiger partial charge is 0.325 e. The Morgan fingerprint density at radius 3 is 2.32 bits per heavy atom. The first-order valence-corrected chi connectivity index (χ1v) is 11.0. The van der Waals surface area contributed by atoms with Crippen molar-refractivity contribution >= 4 is 34.3 Å². The van der Waals surface area contributed by atoms with Crippen molar-refractivity contribution < 1.29 is 4.79 Å². The highest BCUT2D eigenvalue weighted by Crippen LogP contribution is 2.23. The number of nitrogens with one attached hydrogen (secondary N) is 1. The van der Waals surface area contributed by atoms with E-state index < -0.39 is 0 Å². The maximum absolute atomic E-state index is 13.3. The number of aromatic nitrogens is 2. The SMILES string of the molecule is Cc1ccc(-n2c(SCC(=O)Nc3c(C)cccc3C)nc3ccccc3c2=O)cc1. The molecule has 0 saturated heterocycles. The Bertz CT molecular complexity index is 1310. The number of fused-ring (bicyclic) bond motifs is 1. The maximum atomic E-state index is 13.3. The Kier molecular flexibility index (Phi) is 5.91. The van der Waals surface area contributed by atoms with E-state index >= 15 is 0 Å². The molecule has 0 bridgehead atoms. The molecule has 0 aliphatic heterocycles. The fourth-order valence-electron chi connectivity index (χ4n) is 3.45. The summed E-state index contributed by atoms with van der Waals surface area (Å²) < 4.78 is 1.58. The molecular weight excluding hydrogens is 406 g/mol. The lowest BCUT2D eigenvalue weighted by Crippen LogP contribution is -2.23. The van der Waals surface area contributed by atoms with Gasteiger partial charge >= 0.3 is 0 Å². The summed E-state index contributed by atoms with van der Waals surface area (Å²) in [5, 5.41) is 4.03. The molecule has 1 amide bonds. The van der Waals surface area contributed by atoms with Gasteiger partial charge in [0, 0.05) is 5.69 Å². The van der Waals surface area contributed by atoms with Gasteiger partial charge in [-0.2, -0.15) is 0 Å². The van der Waals surface area contributed by atoms with Crippen molar-refractivity contribution in [3.63, 3.8) is 0 Å². The molecule has 0 fully saturated rings. The first kappa shape index (κ1) is 20.9. The zero-order chi connectivity index (χ0) is 22.0. The number of nitrogens with zero attached hydrogens (tertiary/aromatic N) is 2. The van der Waals surface area contributed by atoms with Gasteiger partial charge in [0.1, 0.15) is 0 Å². The third-order valence-electron chi connectivity index (χ3n) is 5.12. The number of anilines is 1. The number of aryl methyl sites for hydroxylation is 3. The Morgan fingerprint density at radius 1 is 0.935 bits per heavy atom. The molecule has 6 heteroatoms. The van der Waals surface area contributed by atoms with E-state index in [9.17, 15) is 9.59 Å². The molecule has 5 nitrogen and oxygen atoms in total. The average Bonchev–Trinajstić information content (AvgIpc) is 2.76. The van der Waals surface area contributed by atoms with Crippen LogP contribution < -0.4 is 10.9 Å². The van der Waals surface area contributed by atoms with Gasteiger partial charge in [0.2, 0.25) is 5.91 Å². The monoisotopic (exact) mass is 429 g/mol. The van der Waals surface area contributed by atoms with Crippen LogP contribution in [0.15, 0.2) is 76.7 Å². The van der Waals surface area contributed by atoms with E-state index in [1.807, 2.05) is 81.4 Å². The summed E-state index contributed by atoms with van der Waals surface area (Å²) in [4.78, 5) is 30.6. The molecule has 0 aliphatic carbocycles.